The van der Waals surface area contributed by atoms with Gasteiger partial charge in [-0.25, -0.2) is 0 Å². The maximum Gasteiger partial charge on any atom is 0.0666 e. The smallest absolute Gasteiger partial charge is 0.0666 e. The van der Waals surface area contributed by atoms with Crippen LogP contribution in [0.15, 0.2) is 46.9 Å². The van der Waals surface area contributed by atoms with Gasteiger partial charge in [0, 0.05) is 26.3 Å². The molecular formula is C18H13BrN2. The van der Waals surface area contributed by atoms with Gasteiger partial charge in [0.15, 0.2) is 0 Å². The first-order chi connectivity index (χ1) is 10.3. The summed E-state index contributed by atoms with van der Waals surface area (Å²) in [5, 5.41) is 2.70. The fraction of sp³-hybridized carbons (Fsp3) is 0.111. The van der Waals surface area contributed by atoms with Crippen molar-refractivity contribution in [2.24, 2.45) is 0 Å². The molecule has 0 spiro atoms. The zero-order valence-corrected chi connectivity index (χ0v) is 12.9. The van der Waals surface area contributed by atoms with Crippen LogP contribution in [-0.2, 0) is 12.8 Å². The molecule has 0 fully saturated rings. The topological polar surface area (TPSA) is 31.6 Å². The summed E-state index contributed by atoms with van der Waals surface area (Å²) in [4.78, 5) is 7.21. The molecule has 1 aliphatic rings. The summed E-state index contributed by atoms with van der Waals surface area (Å²) in [5.41, 5.74) is 7.87. The third kappa shape index (κ3) is 1.52. The van der Waals surface area contributed by atoms with Crippen molar-refractivity contribution in [2.75, 3.05) is 0 Å². The van der Waals surface area contributed by atoms with Gasteiger partial charge in [0.2, 0.25) is 0 Å². The highest BCUT2D eigenvalue weighted by Gasteiger charge is 2.23. The quantitative estimate of drug-likeness (QED) is 0.443. The number of aryl methyl sites for hydroxylation is 2. The Labute approximate surface area is 130 Å². The number of aromatic nitrogens is 2. The lowest BCUT2D eigenvalue weighted by Gasteiger charge is -2.12. The van der Waals surface area contributed by atoms with Crippen molar-refractivity contribution in [1.82, 2.24) is 9.97 Å². The maximum atomic E-state index is 3.61. The summed E-state index contributed by atoms with van der Waals surface area (Å²) >= 11 is 3.58. The molecule has 0 saturated heterocycles. The molecule has 0 saturated carbocycles. The van der Waals surface area contributed by atoms with Crippen molar-refractivity contribution < 1.29 is 0 Å². The first-order valence-electron chi connectivity index (χ1n) is 7.21. The fourth-order valence-corrected chi connectivity index (χ4v) is 3.98. The molecule has 2 heterocycles. The molecule has 102 valence electrons. The molecule has 2 aromatic heterocycles. The summed E-state index contributed by atoms with van der Waals surface area (Å²) in [7, 11) is 0. The summed E-state index contributed by atoms with van der Waals surface area (Å²) in [6.45, 7) is 0. The van der Waals surface area contributed by atoms with E-state index < -0.39 is 0 Å². The summed E-state index contributed by atoms with van der Waals surface area (Å²) in [5.74, 6) is 0. The van der Waals surface area contributed by atoms with E-state index in [1.165, 1.54) is 44.3 Å². The van der Waals surface area contributed by atoms with Crippen LogP contribution in [0.25, 0.3) is 33.2 Å². The van der Waals surface area contributed by atoms with Gasteiger partial charge < -0.3 is 9.97 Å². The molecule has 2 N–H and O–H groups in total. The zero-order valence-electron chi connectivity index (χ0n) is 11.3. The van der Waals surface area contributed by atoms with Gasteiger partial charge in [-0.3, -0.25) is 0 Å². The van der Waals surface area contributed by atoms with E-state index in [1.807, 2.05) is 0 Å². The van der Waals surface area contributed by atoms with E-state index >= 15 is 0 Å². The molecule has 0 atom stereocenters. The minimum atomic E-state index is 1.10. The number of aromatic amines is 2. The largest absolute Gasteiger partial charge is 0.353 e. The molecule has 2 aromatic carbocycles. The molecule has 0 bridgehead atoms. The Hall–Kier alpha value is -2.00. The second kappa shape index (κ2) is 4.01. The molecule has 1 aliphatic carbocycles. The molecule has 2 nitrogen and oxygen atoms in total. The summed E-state index contributed by atoms with van der Waals surface area (Å²) in [6, 6.07) is 15.1. The molecule has 3 heteroatoms. The van der Waals surface area contributed by atoms with Crippen molar-refractivity contribution in [1.29, 1.82) is 0 Å². The van der Waals surface area contributed by atoms with E-state index in [1.54, 1.807) is 0 Å². The van der Waals surface area contributed by atoms with Crippen molar-refractivity contribution >= 4 is 37.7 Å². The van der Waals surface area contributed by atoms with Crippen LogP contribution in [0.4, 0.5) is 0 Å². The molecule has 5 rings (SSSR count). The van der Waals surface area contributed by atoms with Gasteiger partial charge in [-0.15, -0.1) is 0 Å². The van der Waals surface area contributed by atoms with Crippen molar-refractivity contribution in [3.05, 3.63) is 58.1 Å². The maximum absolute atomic E-state index is 3.61. The van der Waals surface area contributed by atoms with Crippen LogP contribution < -0.4 is 0 Å². The minimum absolute atomic E-state index is 1.10. The van der Waals surface area contributed by atoms with Gasteiger partial charge in [0.05, 0.1) is 11.4 Å². The molecular weight excluding hydrogens is 324 g/mol. The number of hydrogen-bond acceptors (Lipinski definition) is 0. The monoisotopic (exact) mass is 336 g/mol. The van der Waals surface area contributed by atoms with Crippen molar-refractivity contribution in [3.8, 4) is 11.4 Å². The Morgan fingerprint density at radius 3 is 2.24 bits per heavy atom. The SMILES string of the molecule is Brc1ccc2[nH]c3c(c2c1)CCc1c-3[nH]c2ccccc12. The van der Waals surface area contributed by atoms with Crippen molar-refractivity contribution in [2.45, 2.75) is 12.8 Å². The number of H-pyrrole nitrogens is 2. The first kappa shape index (κ1) is 11.6. The Kier molecular flexibility index (Phi) is 2.22. The van der Waals surface area contributed by atoms with E-state index in [0.717, 1.165) is 17.3 Å². The average molecular weight is 337 g/mol. The van der Waals surface area contributed by atoms with E-state index in [2.05, 4.69) is 68.4 Å². The van der Waals surface area contributed by atoms with E-state index in [0.29, 0.717) is 0 Å². The molecule has 4 aromatic rings. The Morgan fingerprint density at radius 2 is 1.43 bits per heavy atom. The summed E-state index contributed by atoms with van der Waals surface area (Å²) in [6.07, 6.45) is 2.20. The number of benzene rings is 2. The van der Waals surface area contributed by atoms with Crippen LogP contribution >= 0.6 is 15.9 Å². The van der Waals surface area contributed by atoms with E-state index in [9.17, 15) is 0 Å². The lowest BCUT2D eigenvalue weighted by atomic mass is 9.92. The zero-order chi connectivity index (χ0) is 14.0. The fourth-order valence-electron chi connectivity index (χ4n) is 3.62. The number of rotatable bonds is 0. The molecule has 0 radical (unpaired) electrons. The number of hydrogen-bond donors (Lipinski definition) is 2. The second-order valence-electron chi connectivity index (χ2n) is 5.69. The highest BCUT2D eigenvalue weighted by Crippen LogP contribution is 2.40. The van der Waals surface area contributed by atoms with Gasteiger partial charge in [-0.1, -0.05) is 34.1 Å². The predicted octanol–water partition coefficient (Wildman–Crippen LogP) is 5.18. The standard InChI is InChI=1S/C18H13BrN2/c19-10-5-8-16-14(9-10)13-7-6-12-11-3-1-2-4-15(11)20-17(12)18(13)21-16/h1-5,8-9,20-21H,6-7H2. The van der Waals surface area contributed by atoms with Gasteiger partial charge in [0.25, 0.3) is 0 Å². The van der Waals surface area contributed by atoms with Crippen LogP contribution in [-0.4, -0.2) is 9.97 Å². The Morgan fingerprint density at radius 1 is 0.762 bits per heavy atom. The Balaban J connectivity index is 1.88. The lowest BCUT2D eigenvalue weighted by Crippen LogP contribution is -2.01. The third-order valence-corrected chi connectivity index (χ3v) is 5.05. The second-order valence-corrected chi connectivity index (χ2v) is 6.61. The predicted molar refractivity (Wildman–Crippen MR) is 90.7 cm³/mol. The Bertz CT molecular complexity index is 1010. The van der Waals surface area contributed by atoms with Gasteiger partial charge in [-0.05, 0) is 48.2 Å². The number of nitrogens with one attached hydrogen (secondary N) is 2. The van der Waals surface area contributed by atoms with Crippen LogP contribution in [0, 0.1) is 0 Å². The number of para-hydroxylation sites is 1. The molecule has 0 unspecified atom stereocenters. The number of halogens is 1. The van der Waals surface area contributed by atoms with Crippen LogP contribution in [0.2, 0.25) is 0 Å². The van der Waals surface area contributed by atoms with E-state index in [4.69, 9.17) is 0 Å². The highest BCUT2D eigenvalue weighted by molar-refractivity contribution is 9.10. The molecule has 21 heavy (non-hydrogen) atoms. The van der Waals surface area contributed by atoms with E-state index in [-0.39, 0.29) is 0 Å². The van der Waals surface area contributed by atoms with Crippen LogP contribution in [0.1, 0.15) is 11.1 Å². The first-order valence-corrected chi connectivity index (χ1v) is 8.00. The van der Waals surface area contributed by atoms with Crippen LogP contribution in [0.5, 0.6) is 0 Å². The minimum Gasteiger partial charge on any atom is -0.353 e. The third-order valence-electron chi connectivity index (χ3n) is 4.56. The van der Waals surface area contributed by atoms with Crippen molar-refractivity contribution in [3.63, 3.8) is 0 Å². The van der Waals surface area contributed by atoms with Gasteiger partial charge in [0.1, 0.15) is 0 Å². The normalized spacial score (nSPS) is 13.6. The summed E-state index contributed by atoms with van der Waals surface area (Å²) < 4.78 is 1.14. The van der Waals surface area contributed by atoms with Gasteiger partial charge in [-0.2, -0.15) is 0 Å². The molecule has 0 aliphatic heterocycles. The lowest BCUT2D eigenvalue weighted by molar-refractivity contribution is 0.953. The molecule has 0 amide bonds. The highest BCUT2D eigenvalue weighted by atomic mass is 79.9. The van der Waals surface area contributed by atoms with Gasteiger partial charge >= 0.3 is 0 Å². The van der Waals surface area contributed by atoms with Crippen LogP contribution in [0.3, 0.4) is 0 Å². The average Bonchev–Trinajstić information content (AvgIpc) is 3.05. The number of fused-ring (bicyclic) bond motifs is 7.